The summed E-state index contributed by atoms with van der Waals surface area (Å²) < 4.78 is 36.2. The fourth-order valence-electron chi connectivity index (χ4n) is 5.61. The van der Waals surface area contributed by atoms with Crippen LogP contribution < -0.4 is 9.47 Å². The number of phenols is 1. The highest BCUT2D eigenvalue weighted by Crippen LogP contribution is 2.53. The van der Waals surface area contributed by atoms with Crippen molar-refractivity contribution < 1.29 is 23.4 Å². The lowest BCUT2D eigenvalue weighted by Gasteiger charge is -2.38. The molecule has 4 rings (SSSR count). The fraction of sp³-hybridized carbons (Fsp3) is 0.727. The number of hydrogen-bond acceptors (Lipinski definition) is 3. The Morgan fingerprint density at radius 1 is 0.926 bits per heavy atom. The second kappa shape index (κ2) is 7.48. The lowest BCUT2D eigenvalue weighted by atomic mass is 9.68. The van der Waals surface area contributed by atoms with Crippen LogP contribution in [0.15, 0.2) is 12.1 Å². The molecule has 2 saturated carbocycles. The lowest BCUT2D eigenvalue weighted by molar-refractivity contribution is -0.287. The van der Waals surface area contributed by atoms with Crippen LogP contribution in [0.2, 0.25) is 0 Å². The molecule has 0 saturated heterocycles. The van der Waals surface area contributed by atoms with E-state index in [-0.39, 0.29) is 23.2 Å². The molecular weight excluding hydrogens is 350 g/mol. The molecule has 0 unspecified atom stereocenters. The zero-order valence-electron chi connectivity index (χ0n) is 16.1. The van der Waals surface area contributed by atoms with E-state index >= 15 is 0 Å². The molecule has 1 aliphatic heterocycles. The van der Waals surface area contributed by atoms with Crippen LogP contribution in [-0.2, 0) is 0 Å². The highest BCUT2D eigenvalue weighted by molar-refractivity contribution is 5.58. The third-order valence-electron chi connectivity index (χ3n) is 7.03. The van der Waals surface area contributed by atoms with Crippen molar-refractivity contribution in [3.05, 3.63) is 17.7 Å². The molecule has 0 amide bonds. The van der Waals surface area contributed by atoms with Crippen LogP contribution in [-0.4, -0.2) is 11.4 Å². The molecule has 0 atom stereocenters. The number of ether oxygens (including phenoxy) is 2. The Kier molecular flexibility index (Phi) is 5.21. The van der Waals surface area contributed by atoms with Crippen molar-refractivity contribution in [3.63, 3.8) is 0 Å². The Morgan fingerprint density at radius 2 is 1.52 bits per heavy atom. The van der Waals surface area contributed by atoms with Gasteiger partial charge in [-0.1, -0.05) is 38.7 Å². The topological polar surface area (TPSA) is 38.7 Å². The minimum absolute atomic E-state index is 0.0310. The van der Waals surface area contributed by atoms with Gasteiger partial charge >= 0.3 is 6.29 Å². The van der Waals surface area contributed by atoms with Gasteiger partial charge in [-0.2, -0.15) is 0 Å². The van der Waals surface area contributed by atoms with Crippen molar-refractivity contribution in [2.24, 2.45) is 17.8 Å². The monoisotopic (exact) mass is 380 g/mol. The molecule has 1 N–H and O–H groups in total. The molecule has 2 aliphatic carbocycles. The molecule has 2 fully saturated rings. The summed E-state index contributed by atoms with van der Waals surface area (Å²) in [6.07, 6.45) is 8.74. The van der Waals surface area contributed by atoms with Crippen LogP contribution in [0.5, 0.6) is 17.2 Å². The van der Waals surface area contributed by atoms with E-state index in [0.717, 1.165) is 49.0 Å². The summed E-state index contributed by atoms with van der Waals surface area (Å²) in [5, 5.41) is 9.82. The Morgan fingerprint density at radius 3 is 2.15 bits per heavy atom. The first-order valence-corrected chi connectivity index (χ1v) is 10.6. The number of hydrogen-bond donors (Lipinski definition) is 1. The van der Waals surface area contributed by atoms with E-state index in [1.807, 2.05) is 0 Å². The van der Waals surface area contributed by atoms with E-state index in [1.165, 1.54) is 44.6 Å². The van der Waals surface area contributed by atoms with Crippen LogP contribution >= 0.6 is 0 Å². The smallest absolute Gasteiger partial charge is 0.504 e. The van der Waals surface area contributed by atoms with Gasteiger partial charge < -0.3 is 14.6 Å². The van der Waals surface area contributed by atoms with Crippen molar-refractivity contribution >= 4 is 0 Å². The predicted molar refractivity (Wildman–Crippen MR) is 99.4 cm³/mol. The molecule has 1 heterocycles. The van der Waals surface area contributed by atoms with E-state index in [1.54, 1.807) is 6.07 Å². The number of rotatable bonds is 4. The van der Waals surface area contributed by atoms with E-state index in [2.05, 4.69) is 11.7 Å². The van der Waals surface area contributed by atoms with Gasteiger partial charge in [-0.3, -0.25) is 0 Å². The molecule has 1 aromatic carbocycles. The molecule has 1 aromatic rings. The number of halogens is 2. The third-order valence-corrected chi connectivity index (χ3v) is 7.03. The van der Waals surface area contributed by atoms with Crippen molar-refractivity contribution in [3.8, 4) is 17.2 Å². The maximum absolute atomic E-state index is 13.5. The molecule has 0 spiro atoms. The van der Waals surface area contributed by atoms with E-state index < -0.39 is 6.29 Å². The van der Waals surface area contributed by atoms with Crippen LogP contribution in [0.4, 0.5) is 8.78 Å². The summed E-state index contributed by atoms with van der Waals surface area (Å²) in [5.41, 5.74) is 0.755. The van der Waals surface area contributed by atoms with Crippen LogP contribution in [0, 0.1) is 17.8 Å². The quantitative estimate of drug-likeness (QED) is 0.640. The largest absolute Gasteiger partial charge is 0.586 e. The molecule has 5 heteroatoms. The SMILES string of the molecule is CCCC1CCC(C2CCC(c3ccc(O)c4c3OC(F)(F)O4)CC2)CC1. The zero-order valence-corrected chi connectivity index (χ0v) is 16.1. The fourth-order valence-corrected chi connectivity index (χ4v) is 5.61. The normalized spacial score (nSPS) is 32.4. The van der Waals surface area contributed by atoms with Crippen LogP contribution in [0.1, 0.15) is 82.6 Å². The van der Waals surface area contributed by atoms with E-state index in [9.17, 15) is 13.9 Å². The predicted octanol–water partition coefficient (Wildman–Crippen LogP) is 6.59. The highest BCUT2D eigenvalue weighted by Gasteiger charge is 2.47. The van der Waals surface area contributed by atoms with Gasteiger partial charge in [0.1, 0.15) is 0 Å². The van der Waals surface area contributed by atoms with Crippen molar-refractivity contribution in [2.75, 3.05) is 0 Å². The molecule has 0 aromatic heterocycles. The van der Waals surface area contributed by atoms with Gasteiger partial charge in [-0.05, 0) is 68.3 Å². The number of fused-ring (bicyclic) bond motifs is 1. The van der Waals surface area contributed by atoms with Crippen molar-refractivity contribution in [2.45, 2.75) is 83.3 Å². The third kappa shape index (κ3) is 3.88. The van der Waals surface area contributed by atoms with Crippen LogP contribution in [0.3, 0.4) is 0 Å². The van der Waals surface area contributed by atoms with Gasteiger partial charge in [0.2, 0.25) is 5.75 Å². The lowest BCUT2D eigenvalue weighted by Crippen LogP contribution is -2.27. The molecule has 3 aliphatic rings. The zero-order chi connectivity index (χ0) is 19.0. The molecule has 27 heavy (non-hydrogen) atoms. The van der Waals surface area contributed by atoms with Gasteiger partial charge in [0.25, 0.3) is 0 Å². The second-order valence-corrected chi connectivity index (χ2v) is 8.68. The Bertz CT molecular complexity index is 660. The first-order valence-electron chi connectivity index (χ1n) is 10.6. The highest BCUT2D eigenvalue weighted by atomic mass is 19.3. The molecule has 3 nitrogen and oxygen atoms in total. The van der Waals surface area contributed by atoms with Gasteiger partial charge in [-0.25, -0.2) is 0 Å². The first-order chi connectivity index (χ1) is 13.0. The Labute approximate surface area is 160 Å². The molecule has 0 radical (unpaired) electrons. The Hall–Kier alpha value is -1.52. The maximum Gasteiger partial charge on any atom is 0.586 e. The summed E-state index contributed by atoms with van der Waals surface area (Å²) in [7, 11) is 0. The van der Waals surface area contributed by atoms with E-state index in [4.69, 9.17) is 4.74 Å². The van der Waals surface area contributed by atoms with Crippen molar-refractivity contribution in [1.82, 2.24) is 0 Å². The number of phenolic OH excluding ortho intramolecular Hbond substituents is 1. The number of alkyl halides is 2. The van der Waals surface area contributed by atoms with Crippen molar-refractivity contribution in [1.29, 1.82) is 0 Å². The summed E-state index contributed by atoms with van der Waals surface area (Å²) >= 11 is 0. The summed E-state index contributed by atoms with van der Waals surface area (Å²) in [5.74, 6) is 2.27. The molecule has 150 valence electrons. The van der Waals surface area contributed by atoms with Gasteiger partial charge in [-0.15, -0.1) is 8.78 Å². The summed E-state index contributed by atoms with van der Waals surface area (Å²) in [6.45, 7) is 2.28. The standard InChI is InChI=1S/C22H30F2O3/c1-2-3-14-4-6-15(7-5-14)16-8-10-17(11-9-16)18-12-13-19(25)21-20(18)26-22(23,24)27-21/h12-17,25H,2-11H2,1H3. The second-order valence-electron chi connectivity index (χ2n) is 8.68. The summed E-state index contributed by atoms with van der Waals surface area (Å²) in [4.78, 5) is 0. The van der Waals surface area contributed by atoms with Gasteiger partial charge in [0.05, 0.1) is 0 Å². The molecular formula is C22H30F2O3. The maximum atomic E-state index is 13.5. The van der Waals surface area contributed by atoms with E-state index in [0.29, 0.717) is 0 Å². The molecule has 0 bridgehead atoms. The minimum atomic E-state index is -3.69. The average Bonchev–Trinajstić information content (AvgIpc) is 2.99. The number of aromatic hydroxyl groups is 1. The number of benzene rings is 1. The van der Waals surface area contributed by atoms with Crippen LogP contribution in [0.25, 0.3) is 0 Å². The Balaban J connectivity index is 1.38. The summed E-state index contributed by atoms with van der Waals surface area (Å²) in [6, 6.07) is 3.17. The average molecular weight is 380 g/mol. The van der Waals surface area contributed by atoms with Gasteiger partial charge in [0.15, 0.2) is 11.5 Å². The van der Waals surface area contributed by atoms with Gasteiger partial charge in [0, 0.05) is 5.56 Å². The minimum Gasteiger partial charge on any atom is -0.504 e. The first kappa shape index (κ1) is 18.8.